The summed E-state index contributed by atoms with van der Waals surface area (Å²) in [5, 5.41) is 2.17. The van der Waals surface area contributed by atoms with Gasteiger partial charge in [0.1, 0.15) is 23.1 Å². The van der Waals surface area contributed by atoms with Gasteiger partial charge in [0.15, 0.2) is 5.78 Å². The quantitative estimate of drug-likeness (QED) is 0.887. The summed E-state index contributed by atoms with van der Waals surface area (Å²) in [6.45, 7) is 0. The highest BCUT2D eigenvalue weighted by Gasteiger charge is 2.29. The van der Waals surface area contributed by atoms with Crippen LogP contribution in [-0.4, -0.2) is 16.7 Å². The molecule has 0 aliphatic carbocycles. The largest absolute Gasteiger partial charge is 0.326 e. The Hall–Kier alpha value is -3.09. The maximum Gasteiger partial charge on any atom is 0.326 e. The Kier molecular flexibility index (Phi) is 4.56. The highest BCUT2D eigenvalue weighted by atomic mass is 19.1. The average Bonchev–Trinajstić information content (AvgIpc) is 2.59. The van der Waals surface area contributed by atoms with Gasteiger partial charge >= 0.3 is 6.03 Å². The molecule has 0 radical (unpaired) electrons. The molecule has 3 rings (SSSR count). The molecule has 1 aliphatic rings. The summed E-state index contributed by atoms with van der Waals surface area (Å²) >= 11 is 0. The molecule has 1 N–H and O–H groups in total. The van der Waals surface area contributed by atoms with E-state index in [9.17, 15) is 22.8 Å². The number of hydrogen-bond donors (Lipinski definition) is 1. The molecule has 2 amide bonds. The molecule has 25 heavy (non-hydrogen) atoms. The maximum absolute atomic E-state index is 13.7. The molecule has 2 aromatic carbocycles. The van der Waals surface area contributed by atoms with E-state index in [1.165, 1.54) is 42.6 Å². The fourth-order valence-corrected chi connectivity index (χ4v) is 2.59. The van der Waals surface area contributed by atoms with Crippen molar-refractivity contribution in [2.24, 2.45) is 0 Å². The van der Waals surface area contributed by atoms with Crippen LogP contribution in [-0.2, 0) is 4.79 Å². The number of amides is 2. The lowest BCUT2D eigenvalue weighted by Gasteiger charge is -2.31. The predicted molar refractivity (Wildman–Crippen MR) is 85.1 cm³/mol. The van der Waals surface area contributed by atoms with E-state index in [1.54, 1.807) is 0 Å². The van der Waals surface area contributed by atoms with E-state index in [2.05, 4.69) is 5.32 Å². The number of nitrogens with zero attached hydrogens (tertiary/aromatic N) is 1. The molecular formula is C18H13F3N2O2. The Morgan fingerprint density at radius 3 is 2.32 bits per heavy atom. The Labute approximate surface area is 141 Å². The first-order chi connectivity index (χ1) is 12.0. The van der Waals surface area contributed by atoms with Gasteiger partial charge in [-0.3, -0.25) is 9.69 Å². The third-order valence-electron chi connectivity index (χ3n) is 3.84. The molecule has 1 atom stereocenters. The zero-order valence-corrected chi connectivity index (χ0v) is 12.9. The number of anilines is 1. The summed E-state index contributed by atoms with van der Waals surface area (Å²) in [5.74, 6) is -2.49. The number of carbonyl (C=O) groups is 2. The van der Waals surface area contributed by atoms with E-state index in [-0.39, 0.29) is 12.2 Å². The first kappa shape index (κ1) is 16.8. The van der Waals surface area contributed by atoms with E-state index in [0.717, 1.165) is 17.0 Å². The molecule has 1 unspecified atom stereocenters. The van der Waals surface area contributed by atoms with Crippen LogP contribution >= 0.6 is 0 Å². The van der Waals surface area contributed by atoms with Crippen molar-refractivity contribution in [2.45, 2.75) is 12.5 Å². The molecule has 128 valence electrons. The third-order valence-corrected chi connectivity index (χ3v) is 3.84. The number of carbonyl (C=O) groups excluding carboxylic acids is 2. The highest BCUT2D eigenvalue weighted by molar-refractivity contribution is 5.96. The second kappa shape index (κ2) is 6.80. The smallest absolute Gasteiger partial charge is 0.302 e. The molecule has 0 saturated carbocycles. The molecule has 1 aliphatic heterocycles. The zero-order valence-electron chi connectivity index (χ0n) is 12.9. The van der Waals surface area contributed by atoms with Gasteiger partial charge in [-0.1, -0.05) is 18.2 Å². The van der Waals surface area contributed by atoms with Crippen molar-refractivity contribution >= 4 is 17.5 Å². The maximum atomic E-state index is 13.7. The number of nitrogens with one attached hydrogen (secondary N) is 1. The molecule has 4 nitrogen and oxygen atoms in total. The van der Waals surface area contributed by atoms with Crippen molar-refractivity contribution in [2.75, 3.05) is 5.32 Å². The van der Waals surface area contributed by atoms with Crippen LogP contribution in [0.5, 0.6) is 0 Å². The van der Waals surface area contributed by atoms with Crippen molar-refractivity contribution in [3.8, 4) is 0 Å². The van der Waals surface area contributed by atoms with Crippen molar-refractivity contribution in [1.82, 2.24) is 4.90 Å². The van der Waals surface area contributed by atoms with E-state index < -0.39 is 35.2 Å². The van der Waals surface area contributed by atoms with Gasteiger partial charge in [0.05, 0.1) is 6.04 Å². The van der Waals surface area contributed by atoms with E-state index in [0.29, 0.717) is 5.56 Å². The Morgan fingerprint density at radius 1 is 1.04 bits per heavy atom. The summed E-state index contributed by atoms with van der Waals surface area (Å²) in [6, 6.07) is 7.05. The molecule has 0 saturated heterocycles. The fourth-order valence-electron chi connectivity index (χ4n) is 2.59. The van der Waals surface area contributed by atoms with Crippen LogP contribution in [0.4, 0.5) is 23.7 Å². The van der Waals surface area contributed by atoms with Crippen LogP contribution in [0.25, 0.3) is 0 Å². The summed E-state index contributed by atoms with van der Waals surface area (Å²) in [4.78, 5) is 25.3. The van der Waals surface area contributed by atoms with Gasteiger partial charge < -0.3 is 5.32 Å². The third kappa shape index (κ3) is 3.55. The lowest BCUT2D eigenvalue weighted by atomic mass is 9.97. The van der Waals surface area contributed by atoms with Gasteiger partial charge in [-0.05, 0) is 35.9 Å². The first-order valence-corrected chi connectivity index (χ1v) is 7.45. The Balaban J connectivity index is 1.89. The molecule has 2 aromatic rings. The Bertz CT molecular complexity index is 830. The molecule has 0 spiro atoms. The second-order valence-electron chi connectivity index (χ2n) is 5.49. The number of para-hydroxylation sites is 1. The van der Waals surface area contributed by atoms with E-state index in [4.69, 9.17) is 0 Å². The van der Waals surface area contributed by atoms with Gasteiger partial charge in [-0.25, -0.2) is 18.0 Å². The number of urea groups is 1. The van der Waals surface area contributed by atoms with Crippen molar-refractivity contribution in [3.05, 3.63) is 77.8 Å². The number of hydrogen-bond acceptors (Lipinski definition) is 2. The van der Waals surface area contributed by atoms with Crippen LogP contribution in [0, 0.1) is 17.5 Å². The van der Waals surface area contributed by atoms with Gasteiger partial charge in [0.25, 0.3) is 0 Å². The molecular weight excluding hydrogens is 333 g/mol. The number of allylic oxidation sites excluding steroid dienone is 1. The SMILES string of the molecule is O=C1C=CN(C(=O)Nc2c(F)cccc2F)C(c2ccc(F)cc2)C1. The van der Waals surface area contributed by atoms with Crippen molar-refractivity contribution in [3.63, 3.8) is 0 Å². The Morgan fingerprint density at radius 2 is 1.68 bits per heavy atom. The summed E-state index contributed by atoms with van der Waals surface area (Å²) in [5.41, 5.74) is -0.0427. The van der Waals surface area contributed by atoms with Gasteiger partial charge in [0.2, 0.25) is 0 Å². The van der Waals surface area contributed by atoms with Crippen LogP contribution in [0.1, 0.15) is 18.0 Å². The minimum absolute atomic E-state index is 0.0185. The van der Waals surface area contributed by atoms with Gasteiger partial charge in [0, 0.05) is 12.6 Å². The highest BCUT2D eigenvalue weighted by Crippen LogP contribution is 2.30. The van der Waals surface area contributed by atoms with E-state index in [1.807, 2.05) is 0 Å². The minimum atomic E-state index is -0.913. The zero-order chi connectivity index (χ0) is 18.0. The van der Waals surface area contributed by atoms with Gasteiger partial charge in [-0.2, -0.15) is 0 Å². The molecule has 1 heterocycles. The van der Waals surface area contributed by atoms with Crippen molar-refractivity contribution < 1.29 is 22.8 Å². The number of benzene rings is 2. The second-order valence-corrected chi connectivity index (χ2v) is 5.49. The van der Waals surface area contributed by atoms with Crippen LogP contribution in [0.2, 0.25) is 0 Å². The van der Waals surface area contributed by atoms with Crippen LogP contribution < -0.4 is 5.32 Å². The summed E-state index contributed by atoms with van der Waals surface area (Å²) in [6.07, 6.45) is 2.43. The number of halogens is 3. The standard InChI is InChI=1S/C18H13F3N2O2/c19-12-6-4-11(5-7-12)16-10-13(24)8-9-23(16)18(25)22-17-14(20)2-1-3-15(17)21/h1-9,16H,10H2,(H,22,25). The van der Waals surface area contributed by atoms with Crippen LogP contribution in [0.3, 0.4) is 0 Å². The predicted octanol–water partition coefficient (Wildman–Crippen LogP) is 4.17. The normalized spacial score (nSPS) is 16.8. The monoisotopic (exact) mass is 346 g/mol. The van der Waals surface area contributed by atoms with E-state index >= 15 is 0 Å². The van der Waals surface area contributed by atoms with Crippen LogP contribution in [0.15, 0.2) is 54.7 Å². The topological polar surface area (TPSA) is 49.4 Å². The summed E-state index contributed by atoms with van der Waals surface area (Å²) in [7, 11) is 0. The average molecular weight is 346 g/mol. The molecule has 0 aromatic heterocycles. The number of ketones is 1. The van der Waals surface area contributed by atoms with Crippen molar-refractivity contribution in [1.29, 1.82) is 0 Å². The fraction of sp³-hybridized carbons (Fsp3) is 0.111. The molecule has 0 fully saturated rings. The summed E-state index contributed by atoms with van der Waals surface area (Å²) < 4.78 is 40.5. The van der Waals surface area contributed by atoms with Gasteiger partial charge in [-0.15, -0.1) is 0 Å². The lowest BCUT2D eigenvalue weighted by molar-refractivity contribution is -0.116. The molecule has 7 heteroatoms. The first-order valence-electron chi connectivity index (χ1n) is 7.45. The number of rotatable bonds is 2. The molecule has 0 bridgehead atoms. The minimum Gasteiger partial charge on any atom is -0.302 e. The lowest BCUT2D eigenvalue weighted by Crippen LogP contribution is -2.37.